The molecule has 0 saturated carbocycles. The molecule has 0 bridgehead atoms. The van der Waals surface area contributed by atoms with Crippen LogP contribution in [0.2, 0.25) is 0 Å². The van der Waals surface area contributed by atoms with E-state index in [-0.39, 0.29) is 17.9 Å². The van der Waals surface area contributed by atoms with E-state index in [0.29, 0.717) is 31.8 Å². The highest BCUT2D eigenvalue weighted by molar-refractivity contribution is 5.79. The van der Waals surface area contributed by atoms with Gasteiger partial charge < -0.3 is 15.0 Å². The first-order valence-electron chi connectivity index (χ1n) is 8.63. The molecule has 0 aliphatic carbocycles. The molecule has 1 unspecified atom stereocenters. The minimum absolute atomic E-state index is 0.0381. The second-order valence-electron chi connectivity index (χ2n) is 6.30. The number of carbonyl (C=O) groups excluding carboxylic acids is 2. The normalized spacial score (nSPS) is 16.3. The van der Waals surface area contributed by atoms with Gasteiger partial charge in [-0.1, -0.05) is 6.07 Å². The maximum absolute atomic E-state index is 12.4. The lowest BCUT2D eigenvalue weighted by Crippen LogP contribution is -2.32. The molecule has 3 heterocycles. The molecule has 1 fully saturated rings. The predicted molar refractivity (Wildman–Crippen MR) is 95.3 cm³/mol. The third-order valence-electron chi connectivity index (χ3n) is 4.19. The lowest BCUT2D eigenvalue weighted by atomic mass is 10.2. The summed E-state index contributed by atoms with van der Waals surface area (Å²) in [6.45, 7) is 3.10. The largest absolute Gasteiger partial charge is 0.488 e. The van der Waals surface area contributed by atoms with Gasteiger partial charge in [-0.25, -0.2) is 0 Å². The number of nitrogens with zero attached hydrogens (tertiary/aromatic N) is 3. The van der Waals surface area contributed by atoms with E-state index >= 15 is 0 Å². The zero-order chi connectivity index (χ0) is 18.4. The molecule has 1 atom stereocenters. The van der Waals surface area contributed by atoms with Crippen molar-refractivity contribution >= 4 is 11.8 Å². The van der Waals surface area contributed by atoms with Crippen LogP contribution in [0.25, 0.3) is 0 Å². The first kappa shape index (κ1) is 17.8. The van der Waals surface area contributed by atoms with Crippen LogP contribution in [0.4, 0.5) is 0 Å². The first-order valence-corrected chi connectivity index (χ1v) is 8.63. The van der Waals surface area contributed by atoms with Gasteiger partial charge in [0.15, 0.2) is 0 Å². The standard InChI is InChI=1S/C19H22N4O3/c1-14(24)22-12-16-10-17(4-7-21-16)26-18-5-8-23(13-18)19(25)9-15-3-2-6-20-11-15/h2-4,6-7,10-11,18H,5,8-9,12-13H2,1H3,(H,22,24). The van der Waals surface area contributed by atoms with E-state index in [0.717, 1.165) is 17.7 Å². The zero-order valence-corrected chi connectivity index (χ0v) is 14.7. The molecule has 3 rings (SSSR count). The van der Waals surface area contributed by atoms with Gasteiger partial charge in [-0.05, 0) is 17.7 Å². The van der Waals surface area contributed by atoms with Crippen LogP contribution < -0.4 is 10.1 Å². The Morgan fingerprint density at radius 1 is 1.35 bits per heavy atom. The maximum Gasteiger partial charge on any atom is 0.227 e. The monoisotopic (exact) mass is 354 g/mol. The molecule has 2 aromatic heterocycles. The number of nitrogens with one attached hydrogen (secondary N) is 1. The summed E-state index contributed by atoms with van der Waals surface area (Å²) in [5.41, 5.74) is 1.65. The second-order valence-corrected chi connectivity index (χ2v) is 6.30. The van der Waals surface area contributed by atoms with Crippen LogP contribution >= 0.6 is 0 Å². The Bertz CT molecular complexity index is 766. The van der Waals surface area contributed by atoms with Crippen LogP contribution in [0.3, 0.4) is 0 Å². The molecule has 0 aromatic carbocycles. The molecule has 7 heteroatoms. The summed E-state index contributed by atoms with van der Waals surface area (Å²) in [6.07, 6.45) is 6.19. The van der Waals surface area contributed by atoms with Crippen molar-refractivity contribution in [2.45, 2.75) is 32.4 Å². The molecule has 1 N–H and O–H groups in total. The van der Waals surface area contributed by atoms with Crippen LogP contribution in [-0.2, 0) is 22.6 Å². The smallest absolute Gasteiger partial charge is 0.227 e. The minimum atomic E-state index is -0.100. The van der Waals surface area contributed by atoms with Gasteiger partial charge in [0.25, 0.3) is 0 Å². The molecule has 7 nitrogen and oxygen atoms in total. The Hall–Kier alpha value is -2.96. The number of hydrogen-bond acceptors (Lipinski definition) is 5. The van der Waals surface area contributed by atoms with Crippen molar-refractivity contribution < 1.29 is 14.3 Å². The second kappa shape index (κ2) is 8.42. The summed E-state index contributed by atoms with van der Waals surface area (Å²) in [6, 6.07) is 7.34. The third kappa shape index (κ3) is 5.02. The van der Waals surface area contributed by atoms with E-state index < -0.39 is 0 Å². The molecule has 2 aromatic rings. The number of amides is 2. The first-order chi connectivity index (χ1) is 12.6. The van der Waals surface area contributed by atoms with Crippen molar-refractivity contribution in [3.05, 3.63) is 54.1 Å². The van der Waals surface area contributed by atoms with Crippen molar-refractivity contribution in [3.8, 4) is 5.75 Å². The van der Waals surface area contributed by atoms with Crippen LogP contribution in [-0.4, -0.2) is 45.9 Å². The summed E-state index contributed by atoms with van der Waals surface area (Å²) >= 11 is 0. The van der Waals surface area contributed by atoms with Crippen LogP contribution in [0.15, 0.2) is 42.9 Å². The number of hydrogen-bond donors (Lipinski definition) is 1. The zero-order valence-electron chi connectivity index (χ0n) is 14.7. The fourth-order valence-electron chi connectivity index (χ4n) is 2.87. The molecule has 2 amide bonds. The number of rotatable bonds is 6. The maximum atomic E-state index is 12.4. The van der Waals surface area contributed by atoms with E-state index in [1.807, 2.05) is 23.1 Å². The number of aromatic nitrogens is 2. The third-order valence-corrected chi connectivity index (χ3v) is 4.19. The highest BCUT2D eigenvalue weighted by atomic mass is 16.5. The van der Waals surface area contributed by atoms with Gasteiger partial charge in [0.2, 0.25) is 11.8 Å². The van der Waals surface area contributed by atoms with Crippen LogP contribution in [0.5, 0.6) is 5.75 Å². The summed E-state index contributed by atoms with van der Waals surface area (Å²) < 4.78 is 5.99. The molecule has 136 valence electrons. The van der Waals surface area contributed by atoms with Gasteiger partial charge in [0.05, 0.1) is 25.2 Å². The van der Waals surface area contributed by atoms with E-state index in [1.54, 1.807) is 24.7 Å². The Kier molecular flexibility index (Phi) is 5.78. The highest BCUT2D eigenvalue weighted by Gasteiger charge is 2.27. The van der Waals surface area contributed by atoms with Crippen molar-refractivity contribution in [1.29, 1.82) is 0 Å². The molecule has 1 aliphatic rings. The Balaban J connectivity index is 1.52. The summed E-state index contributed by atoms with van der Waals surface area (Å²) in [5, 5.41) is 2.71. The van der Waals surface area contributed by atoms with Crippen molar-refractivity contribution in [2.75, 3.05) is 13.1 Å². The molecule has 1 aliphatic heterocycles. The Labute approximate surface area is 152 Å². The van der Waals surface area contributed by atoms with Gasteiger partial charge in [0.1, 0.15) is 11.9 Å². The van der Waals surface area contributed by atoms with Crippen molar-refractivity contribution in [3.63, 3.8) is 0 Å². The minimum Gasteiger partial charge on any atom is -0.488 e. The fraction of sp³-hybridized carbons (Fsp3) is 0.368. The predicted octanol–water partition coefficient (Wildman–Crippen LogP) is 1.34. The Morgan fingerprint density at radius 3 is 3.00 bits per heavy atom. The Morgan fingerprint density at radius 2 is 2.23 bits per heavy atom. The average molecular weight is 354 g/mol. The topological polar surface area (TPSA) is 84.4 Å². The molecular formula is C19H22N4O3. The van der Waals surface area contributed by atoms with E-state index in [1.165, 1.54) is 6.92 Å². The average Bonchev–Trinajstić information content (AvgIpc) is 3.10. The van der Waals surface area contributed by atoms with Crippen molar-refractivity contribution in [1.82, 2.24) is 20.2 Å². The van der Waals surface area contributed by atoms with E-state index in [4.69, 9.17) is 4.74 Å². The molecular weight excluding hydrogens is 332 g/mol. The van der Waals surface area contributed by atoms with Gasteiger partial charge in [-0.2, -0.15) is 0 Å². The van der Waals surface area contributed by atoms with Gasteiger partial charge in [-0.3, -0.25) is 19.6 Å². The summed E-state index contributed by atoms with van der Waals surface area (Å²) in [7, 11) is 0. The van der Waals surface area contributed by atoms with E-state index in [2.05, 4.69) is 15.3 Å². The highest BCUT2D eigenvalue weighted by Crippen LogP contribution is 2.19. The number of carbonyl (C=O) groups is 2. The number of likely N-dealkylation sites (tertiary alicyclic amines) is 1. The molecule has 1 saturated heterocycles. The fourth-order valence-corrected chi connectivity index (χ4v) is 2.87. The summed E-state index contributed by atoms with van der Waals surface area (Å²) in [4.78, 5) is 33.5. The number of pyridine rings is 2. The van der Waals surface area contributed by atoms with Crippen LogP contribution in [0.1, 0.15) is 24.6 Å². The number of ether oxygens (including phenoxy) is 1. The van der Waals surface area contributed by atoms with Crippen molar-refractivity contribution in [2.24, 2.45) is 0 Å². The lowest BCUT2D eigenvalue weighted by molar-refractivity contribution is -0.129. The van der Waals surface area contributed by atoms with Gasteiger partial charge >= 0.3 is 0 Å². The molecule has 0 radical (unpaired) electrons. The summed E-state index contributed by atoms with van der Waals surface area (Å²) in [5.74, 6) is 0.689. The van der Waals surface area contributed by atoms with Gasteiger partial charge in [0, 0.05) is 44.5 Å². The quantitative estimate of drug-likeness (QED) is 0.846. The van der Waals surface area contributed by atoms with Gasteiger partial charge in [-0.15, -0.1) is 0 Å². The lowest BCUT2D eigenvalue weighted by Gasteiger charge is -2.17. The van der Waals surface area contributed by atoms with E-state index in [9.17, 15) is 9.59 Å². The SMILES string of the molecule is CC(=O)NCc1cc(OC2CCN(C(=O)Cc3cccnc3)C2)ccn1. The van der Waals surface area contributed by atoms with Crippen LogP contribution in [0, 0.1) is 0 Å². The molecule has 26 heavy (non-hydrogen) atoms. The molecule has 0 spiro atoms.